The lowest BCUT2D eigenvalue weighted by molar-refractivity contribution is -0.154. The van der Waals surface area contributed by atoms with E-state index in [2.05, 4.69) is 5.32 Å². The first-order valence-electron chi connectivity index (χ1n) is 8.27. The van der Waals surface area contributed by atoms with Crippen LogP contribution in [0.25, 0.3) is 0 Å². The van der Waals surface area contributed by atoms with Gasteiger partial charge in [0.05, 0.1) is 18.9 Å². The number of carboxylic acid groups (broad SMARTS) is 1. The summed E-state index contributed by atoms with van der Waals surface area (Å²) in [5, 5.41) is 12.0. The maximum atomic E-state index is 12.7. The molecule has 1 fully saturated rings. The number of carbonyl (C=O) groups excluding carboxylic acids is 2. The second-order valence-corrected chi connectivity index (χ2v) is 6.22. The van der Waals surface area contributed by atoms with Crippen LogP contribution in [0.5, 0.6) is 0 Å². The number of hydrogen-bond donors (Lipinski definition) is 2. The minimum Gasteiger partial charge on any atom is -0.480 e. The highest BCUT2D eigenvalue weighted by molar-refractivity contribution is 5.87. The Bertz CT molecular complexity index is 646. The minimum atomic E-state index is -1.03. The van der Waals surface area contributed by atoms with Crippen molar-refractivity contribution in [2.45, 2.75) is 31.9 Å². The molecule has 1 aromatic carbocycles. The Labute approximate surface area is 147 Å². The van der Waals surface area contributed by atoms with Gasteiger partial charge in [-0.1, -0.05) is 24.3 Å². The fourth-order valence-corrected chi connectivity index (χ4v) is 3.19. The Morgan fingerprint density at radius 2 is 2.00 bits per heavy atom. The number of methoxy groups -OCH3 is 1. The summed E-state index contributed by atoms with van der Waals surface area (Å²) in [5.74, 6) is -1.85. The number of hydrogen-bond acceptors (Lipinski definition) is 4. The summed E-state index contributed by atoms with van der Waals surface area (Å²) in [4.78, 5) is 37.4. The summed E-state index contributed by atoms with van der Waals surface area (Å²) in [7, 11) is 3.14. The van der Waals surface area contributed by atoms with Gasteiger partial charge in [0, 0.05) is 20.7 Å². The molecule has 7 heteroatoms. The van der Waals surface area contributed by atoms with Crippen LogP contribution in [0.2, 0.25) is 0 Å². The van der Waals surface area contributed by atoms with Crippen LogP contribution in [0.4, 0.5) is 0 Å². The van der Waals surface area contributed by atoms with Crippen LogP contribution in [-0.2, 0) is 32.1 Å². The predicted molar refractivity (Wildman–Crippen MR) is 90.8 cm³/mol. The van der Waals surface area contributed by atoms with E-state index in [0.29, 0.717) is 13.0 Å². The number of carbonyl (C=O) groups is 3. The number of piperidine rings is 1. The smallest absolute Gasteiger partial charge is 0.326 e. The van der Waals surface area contributed by atoms with Crippen LogP contribution in [0, 0.1) is 5.92 Å². The van der Waals surface area contributed by atoms with E-state index in [4.69, 9.17) is 4.74 Å². The van der Waals surface area contributed by atoms with E-state index >= 15 is 0 Å². The van der Waals surface area contributed by atoms with Gasteiger partial charge >= 0.3 is 5.97 Å². The van der Waals surface area contributed by atoms with Crippen LogP contribution in [-0.4, -0.2) is 54.5 Å². The van der Waals surface area contributed by atoms with Gasteiger partial charge in [-0.25, -0.2) is 4.79 Å². The second-order valence-electron chi connectivity index (χ2n) is 6.22. The van der Waals surface area contributed by atoms with E-state index < -0.39 is 12.0 Å². The monoisotopic (exact) mass is 348 g/mol. The van der Waals surface area contributed by atoms with Gasteiger partial charge in [-0.05, 0) is 24.0 Å². The van der Waals surface area contributed by atoms with Crippen molar-refractivity contribution in [3.05, 3.63) is 35.4 Å². The molecule has 25 heavy (non-hydrogen) atoms. The highest BCUT2D eigenvalue weighted by atomic mass is 16.5. The van der Waals surface area contributed by atoms with Crippen molar-refractivity contribution in [3.8, 4) is 0 Å². The Kier molecular flexibility index (Phi) is 6.52. The maximum Gasteiger partial charge on any atom is 0.326 e. The van der Waals surface area contributed by atoms with Gasteiger partial charge in [-0.2, -0.15) is 0 Å². The van der Waals surface area contributed by atoms with Crippen LogP contribution in [0.3, 0.4) is 0 Å². The predicted octanol–water partition coefficient (Wildman–Crippen LogP) is 0.813. The molecule has 0 saturated carbocycles. The lowest BCUT2D eigenvalue weighted by atomic mass is 9.91. The first kappa shape index (κ1) is 18.9. The molecule has 0 aliphatic carbocycles. The number of nitrogens with one attached hydrogen (secondary N) is 1. The first-order valence-corrected chi connectivity index (χ1v) is 8.27. The molecule has 2 atom stereocenters. The summed E-state index contributed by atoms with van der Waals surface area (Å²) in [6.07, 6.45) is 0.842. The second kappa shape index (κ2) is 8.62. The van der Waals surface area contributed by atoms with Gasteiger partial charge < -0.3 is 20.1 Å². The van der Waals surface area contributed by atoms with Crippen LogP contribution < -0.4 is 5.32 Å². The van der Waals surface area contributed by atoms with Crippen molar-refractivity contribution in [3.63, 3.8) is 0 Å². The quantitative estimate of drug-likeness (QED) is 0.793. The normalized spacial score (nSPS) is 20.2. The number of ether oxygens (including phenoxy) is 1. The van der Waals surface area contributed by atoms with Crippen LogP contribution in [0.1, 0.15) is 24.0 Å². The molecule has 0 spiro atoms. The maximum absolute atomic E-state index is 12.7. The Morgan fingerprint density at radius 1 is 1.28 bits per heavy atom. The molecule has 0 aromatic heterocycles. The molecule has 2 amide bonds. The third kappa shape index (κ3) is 4.79. The number of carboxylic acids is 1. The minimum absolute atomic E-state index is 0.0990. The Morgan fingerprint density at radius 3 is 2.64 bits per heavy atom. The Balaban J connectivity index is 2.13. The molecule has 0 bridgehead atoms. The topological polar surface area (TPSA) is 95.9 Å². The molecule has 1 aliphatic heterocycles. The van der Waals surface area contributed by atoms with Crippen molar-refractivity contribution < 1.29 is 24.2 Å². The molecule has 1 aromatic rings. The van der Waals surface area contributed by atoms with Gasteiger partial charge in [-0.3, -0.25) is 9.59 Å². The molecule has 136 valence electrons. The zero-order valence-electron chi connectivity index (χ0n) is 14.5. The summed E-state index contributed by atoms with van der Waals surface area (Å²) in [6, 6.07) is 6.56. The summed E-state index contributed by atoms with van der Waals surface area (Å²) < 4.78 is 5.09. The molecule has 0 unspecified atom stereocenters. The zero-order chi connectivity index (χ0) is 18.4. The number of amides is 2. The number of rotatable bonds is 6. The highest BCUT2D eigenvalue weighted by Crippen LogP contribution is 2.24. The van der Waals surface area contributed by atoms with E-state index in [-0.39, 0.29) is 37.1 Å². The Hall–Kier alpha value is -2.41. The largest absolute Gasteiger partial charge is 0.480 e. The fraction of sp³-hybridized carbons (Fsp3) is 0.500. The van der Waals surface area contributed by atoms with E-state index in [1.807, 2.05) is 24.3 Å². The summed E-state index contributed by atoms with van der Waals surface area (Å²) in [6.45, 7) is 0.579. The van der Waals surface area contributed by atoms with Crippen molar-refractivity contribution in [2.24, 2.45) is 5.92 Å². The third-order valence-corrected chi connectivity index (χ3v) is 4.46. The lowest BCUT2D eigenvalue weighted by Gasteiger charge is -2.36. The van der Waals surface area contributed by atoms with E-state index in [1.54, 1.807) is 14.2 Å². The molecule has 0 radical (unpaired) electrons. The lowest BCUT2D eigenvalue weighted by Crippen LogP contribution is -2.53. The van der Waals surface area contributed by atoms with Crippen molar-refractivity contribution in [2.75, 3.05) is 20.7 Å². The van der Waals surface area contributed by atoms with Gasteiger partial charge in [0.25, 0.3) is 0 Å². The van der Waals surface area contributed by atoms with E-state index in [0.717, 1.165) is 11.1 Å². The van der Waals surface area contributed by atoms with E-state index in [1.165, 1.54) is 4.90 Å². The number of likely N-dealkylation sites (tertiary alicyclic amines) is 1. The summed E-state index contributed by atoms with van der Waals surface area (Å²) >= 11 is 0. The summed E-state index contributed by atoms with van der Waals surface area (Å²) in [5.41, 5.74) is 1.75. The van der Waals surface area contributed by atoms with Gasteiger partial charge in [0.1, 0.15) is 6.04 Å². The average molecular weight is 348 g/mol. The molecular weight excluding hydrogens is 324 g/mol. The van der Waals surface area contributed by atoms with Gasteiger partial charge in [0.15, 0.2) is 0 Å². The first-order chi connectivity index (χ1) is 12.0. The van der Waals surface area contributed by atoms with Crippen molar-refractivity contribution >= 4 is 17.8 Å². The number of nitrogens with zero attached hydrogens (tertiary/aromatic N) is 1. The van der Waals surface area contributed by atoms with Crippen LogP contribution in [0.15, 0.2) is 24.3 Å². The van der Waals surface area contributed by atoms with Gasteiger partial charge in [-0.15, -0.1) is 0 Å². The molecule has 2 N–H and O–H groups in total. The van der Waals surface area contributed by atoms with Crippen molar-refractivity contribution in [1.82, 2.24) is 10.2 Å². The van der Waals surface area contributed by atoms with Crippen molar-refractivity contribution in [1.29, 1.82) is 0 Å². The number of benzene rings is 1. The third-order valence-electron chi connectivity index (χ3n) is 4.46. The zero-order valence-corrected chi connectivity index (χ0v) is 14.5. The molecular formula is C18H24N2O5. The molecule has 1 heterocycles. The standard InChI is InChI=1S/C18H24N2O5/c1-19-17(22)14-6-7-15(18(23)24)20(10-14)16(21)9-12-4-3-5-13(8-12)11-25-2/h3-5,8,14-15H,6-7,9-11H2,1-2H3,(H,19,22)(H,23,24)/t14-,15-/m0/s1. The van der Waals surface area contributed by atoms with Gasteiger partial charge in [0.2, 0.25) is 11.8 Å². The van der Waals surface area contributed by atoms with Crippen LogP contribution >= 0.6 is 0 Å². The molecule has 1 saturated heterocycles. The SMILES string of the molecule is CNC(=O)[C@H]1CC[C@@H](C(=O)O)N(C(=O)Cc2cccc(COC)c2)C1. The fourth-order valence-electron chi connectivity index (χ4n) is 3.19. The highest BCUT2D eigenvalue weighted by Gasteiger charge is 2.37. The molecule has 1 aliphatic rings. The van der Waals surface area contributed by atoms with E-state index in [9.17, 15) is 19.5 Å². The molecule has 7 nitrogen and oxygen atoms in total. The molecule has 2 rings (SSSR count). The number of aliphatic carboxylic acids is 1. The average Bonchev–Trinajstić information content (AvgIpc) is 2.61.